The molecular formula is C20H30N2O5. The van der Waals surface area contributed by atoms with Crippen LogP contribution in [0, 0.1) is 11.8 Å². The number of carbonyl (C=O) groups excluding carboxylic acids is 2. The summed E-state index contributed by atoms with van der Waals surface area (Å²) in [6.45, 7) is 5.52. The predicted molar refractivity (Wildman–Crippen MR) is 102 cm³/mol. The van der Waals surface area contributed by atoms with Gasteiger partial charge in [0.05, 0.1) is 26.7 Å². The second kappa shape index (κ2) is 9.60. The second-order valence-corrected chi connectivity index (χ2v) is 7.00. The highest BCUT2D eigenvalue weighted by Gasteiger charge is 2.41. The van der Waals surface area contributed by atoms with Crippen molar-refractivity contribution in [2.24, 2.45) is 11.8 Å². The van der Waals surface area contributed by atoms with E-state index in [4.69, 9.17) is 14.2 Å². The maximum absolute atomic E-state index is 12.8. The molecule has 1 aliphatic rings. The molecule has 2 atom stereocenters. The van der Waals surface area contributed by atoms with Crippen molar-refractivity contribution in [3.63, 3.8) is 0 Å². The zero-order chi connectivity index (χ0) is 20.0. The minimum atomic E-state index is -0.341. The van der Waals surface area contributed by atoms with Crippen molar-refractivity contribution in [2.75, 3.05) is 47.6 Å². The van der Waals surface area contributed by atoms with Crippen molar-refractivity contribution in [2.45, 2.75) is 19.8 Å². The summed E-state index contributed by atoms with van der Waals surface area (Å²) in [7, 11) is 4.78. The number of rotatable bonds is 8. The van der Waals surface area contributed by atoms with Crippen LogP contribution < -0.4 is 14.8 Å². The van der Waals surface area contributed by atoms with Crippen molar-refractivity contribution in [3.8, 4) is 11.5 Å². The summed E-state index contributed by atoms with van der Waals surface area (Å²) < 4.78 is 15.8. The van der Waals surface area contributed by atoms with Gasteiger partial charge in [-0.15, -0.1) is 0 Å². The summed E-state index contributed by atoms with van der Waals surface area (Å²) in [6.07, 6.45) is 0. The fraction of sp³-hybridized carbons (Fsp3) is 0.600. The highest BCUT2D eigenvalue weighted by atomic mass is 16.5. The van der Waals surface area contributed by atoms with Crippen molar-refractivity contribution < 1.29 is 23.8 Å². The fourth-order valence-electron chi connectivity index (χ4n) is 3.46. The molecule has 0 saturated carbocycles. The van der Waals surface area contributed by atoms with E-state index in [1.54, 1.807) is 26.2 Å². The maximum Gasteiger partial charge on any atom is 0.225 e. The lowest BCUT2D eigenvalue weighted by molar-refractivity contribution is -0.133. The molecule has 2 amide bonds. The summed E-state index contributed by atoms with van der Waals surface area (Å²) in [4.78, 5) is 27.1. The molecule has 7 heteroatoms. The quantitative estimate of drug-likeness (QED) is 0.696. The van der Waals surface area contributed by atoms with E-state index < -0.39 is 0 Å². The van der Waals surface area contributed by atoms with Crippen molar-refractivity contribution in [3.05, 3.63) is 23.8 Å². The number of ether oxygens (including phenoxy) is 3. The van der Waals surface area contributed by atoms with Crippen molar-refractivity contribution in [1.29, 1.82) is 0 Å². The fourth-order valence-corrected chi connectivity index (χ4v) is 3.46. The van der Waals surface area contributed by atoms with Gasteiger partial charge < -0.3 is 24.4 Å². The molecule has 1 fully saturated rings. The molecule has 7 nitrogen and oxygen atoms in total. The lowest BCUT2D eigenvalue weighted by atomic mass is 9.87. The van der Waals surface area contributed by atoms with Gasteiger partial charge >= 0.3 is 0 Å². The number of nitrogens with zero attached hydrogens (tertiary/aromatic N) is 1. The molecule has 0 bridgehead atoms. The average Bonchev–Trinajstić information content (AvgIpc) is 3.11. The zero-order valence-electron chi connectivity index (χ0n) is 16.8. The number of likely N-dealkylation sites (tertiary alicyclic amines) is 1. The Labute approximate surface area is 161 Å². The molecule has 2 unspecified atom stereocenters. The topological polar surface area (TPSA) is 77.1 Å². The van der Waals surface area contributed by atoms with Gasteiger partial charge in [-0.2, -0.15) is 0 Å². The Kier molecular flexibility index (Phi) is 7.47. The third-order valence-electron chi connectivity index (χ3n) is 4.91. The molecule has 0 aromatic heterocycles. The Hall–Kier alpha value is -2.28. The van der Waals surface area contributed by atoms with Gasteiger partial charge in [-0.25, -0.2) is 0 Å². The van der Waals surface area contributed by atoms with Crippen LogP contribution in [0.3, 0.4) is 0 Å². The lowest BCUT2D eigenvalue weighted by Crippen LogP contribution is -2.37. The third-order valence-corrected chi connectivity index (χ3v) is 4.91. The number of benzene rings is 1. The van der Waals surface area contributed by atoms with Crippen LogP contribution in [0.15, 0.2) is 18.2 Å². The first kappa shape index (κ1) is 21.0. The third kappa shape index (κ3) is 4.91. The Balaban J connectivity index is 2.31. The van der Waals surface area contributed by atoms with E-state index in [0.29, 0.717) is 37.7 Å². The van der Waals surface area contributed by atoms with Gasteiger partial charge in [0.1, 0.15) is 11.5 Å². The molecule has 1 N–H and O–H groups in total. The second-order valence-electron chi connectivity index (χ2n) is 7.00. The maximum atomic E-state index is 12.8. The Bertz CT molecular complexity index is 662. The van der Waals surface area contributed by atoms with Crippen LogP contribution in [0.25, 0.3) is 0 Å². The molecule has 150 valence electrons. The summed E-state index contributed by atoms with van der Waals surface area (Å²) in [5, 5.41) is 2.91. The monoisotopic (exact) mass is 378 g/mol. The zero-order valence-corrected chi connectivity index (χ0v) is 16.8. The normalized spacial score (nSPS) is 19.3. The molecular weight excluding hydrogens is 348 g/mol. The van der Waals surface area contributed by atoms with E-state index in [1.165, 1.54) is 0 Å². The van der Waals surface area contributed by atoms with Gasteiger partial charge in [-0.05, 0) is 6.07 Å². The first-order valence-corrected chi connectivity index (χ1v) is 9.20. The summed E-state index contributed by atoms with van der Waals surface area (Å²) in [5.74, 6) is 0.730. The van der Waals surface area contributed by atoms with Crippen molar-refractivity contribution in [1.82, 2.24) is 10.2 Å². The number of nitrogens with one attached hydrogen (secondary N) is 1. The first-order chi connectivity index (χ1) is 12.9. The van der Waals surface area contributed by atoms with E-state index in [2.05, 4.69) is 5.32 Å². The van der Waals surface area contributed by atoms with Gasteiger partial charge in [0.2, 0.25) is 11.8 Å². The van der Waals surface area contributed by atoms with E-state index in [9.17, 15) is 9.59 Å². The molecule has 1 heterocycles. The molecule has 0 spiro atoms. The van der Waals surface area contributed by atoms with Crippen LogP contribution in [-0.4, -0.2) is 64.3 Å². The van der Waals surface area contributed by atoms with Gasteiger partial charge in [-0.3, -0.25) is 9.59 Å². The van der Waals surface area contributed by atoms with E-state index >= 15 is 0 Å². The largest absolute Gasteiger partial charge is 0.497 e. The van der Waals surface area contributed by atoms with Gasteiger partial charge in [0.15, 0.2) is 0 Å². The van der Waals surface area contributed by atoms with Crippen LogP contribution in [-0.2, 0) is 14.3 Å². The highest BCUT2D eigenvalue weighted by molar-refractivity contribution is 5.84. The Morgan fingerprint density at radius 1 is 1.19 bits per heavy atom. The van der Waals surface area contributed by atoms with Crippen LogP contribution in [0.5, 0.6) is 11.5 Å². The smallest absolute Gasteiger partial charge is 0.225 e. The van der Waals surface area contributed by atoms with Crippen LogP contribution in [0.1, 0.15) is 25.3 Å². The predicted octanol–water partition coefficient (Wildman–Crippen LogP) is 1.66. The number of hydrogen-bond donors (Lipinski definition) is 1. The molecule has 27 heavy (non-hydrogen) atoms. The van der Waals surface area contributed by atoms with Crippen LogP contribution >= 0.6 is 0 Å². The molecule has 2 rings (SSSR count). The van der Waals surface area contributed by atoms with E-state index in [1.807, 2.05) is 32.0 Å². The van der Waals surface area contributed by atoms with Crippen LogP contribution in [0.4, 0.5) is 0 Å². The Morgan fingerprint density at radius 2 is 1.93 bits per heavy atom. The van der Waals surface area contributed by atoms with Crippen molar-refractivity contribution >= 4 is 11.8 Å². The molecule has 1 saturated heterocycles. The number of methoxy groups -OCH3 is 3. The number of hydrogen-bond acceptors (Lipinski definition) is 5. The Morgan fingerprint density at radius 3 is 2.52 bits per heavy atom. The molecule has 1 aromatic rings. The van der Waals surface area contributed by atoms with Gasteiger partial charge in [0.25, 0.3) is 0 Å². The minimum absolute atomic E-state index is 0.0553. The van der Waals surface area contributed by atoms with Gasteiger partial charge in [-0.1, -0.05) is 19.9 Å². The standard InChI is InChI=1S/C20H30N2O5/c1-13(2)20(24)22-11-16(17(12-22)19(23)21-8-9-25-3)15-7-6-14(26-4)10-18(15)27-5/h6-7,10,13,16-17H,8-9,11-12H2,1-5H3,(H,21,23). The SMILES string of the molecule is COCCNC(=O)C1CN(C(=O)C(C)C)CC1c1ccc(OC)cc1OC. The summed E-state index contributed by atoms with van der Waals surface area (Å²) >= 11 is 0. The number of amides is 2. The molecule has 1 aromatic carbocycles. The number of carbonyl (C=O) groups is 2. The molecule has 0 aliphatic carbocycles. The summed E-state index contributed by atoms with van der Waals surface area (Å²) in [5.41, 5.74) is 0.907. The first-order valence-electron chi connectivity index (χ1n) is 9.20. The van der Waals surface area contributed by atoms with Gasteiger partial charge in [0, 0.05) is 50.2 Å². The average molecular weight is 378 g/mol. The van der Waals surface area contributed by atoms with E-state index in [0.717, 1.165) is 5.56 Å². The lowest BCUT2D eigenvalue weighted by Gasteiger charge is -2.21. The summed E-state index contributed by atoms with van der Waals surface area (Å²) in [6, 6.07) is 5.58. The van der Waals surface area contributed by atoms with Crippen LogP contribution in [0.2, 0.25) is 0 Å². The molecule has 0 radical (unpaired) electrons. The molecule has 1 aliphatic heterocycles. The minimum Gasteiger partial charge on any atom is -0.497 e. The highest BCUT2D eigenvalue weighted by Crippen LogP contribution is 2.39. The van der Waals surface area contributed by atoms with E-state index in [-0.39, 0.29) is 29.6 Å².